The summed E-state index contributed by atoms with van der Waals surface area (Å²) < 4.78 is 27.9. The molecule has 0 unspecified atom stereocenters. The van der Waals surface area contributed by atoms with Gasteiger partial charge >= 0.3 is 0 Å². The molecule has 7 heteroatoms. The van der Waals surface area contributed by atoms with Crippen molar-refractivity contribution in [2.45, 2.75) is 36.4 Å². The summed E-state index contributed by atoms with van der Waals surface area (Å²) in [4.78, 5) is 0. The summed E-state index contributed by atoms with van der Waals surface area (Å²) >= 11 is 6.99. The summed E-state index contributed by atoms with van der Waals surface area (Å²) in [6, 6.07) is 3.35. The van der Waals surface area contributed by atoms with E-state index in [1.165, 1.54) is 0 Å². The zero-order valence-corrected chi connectivity index (χ0v) is 13.3. The molecule has 0 amide bonds. The van der Waals surface area contributed by atoms with Crippen molar-refractivity contribution in [3.05, 3.63) is 16.5 Å². The van der Waals surface area contributed by atoms with Gasteiger partial charge in [-0.25, -0.2) is 8.42 Å². The van der Waals surface area contributed by atoms with E-state index < -0.39 is 10.0 Å². The van der Waals surface area contributed by atoms with Gasteiger partial charge in [0.25, 0.3) is 10.0 Å². The van der Waals surface area contributed by atoms with Crippen molar-refractivity contribution < 1.29 is 8.42 Å². The lowest BCUT2D eigenvalue weighted by Gasteiger charge is -2.33. The second-order valence-corrected chi connectivity index (χ2v) is 8.49. The Bertz CT molecular complexity index is 510. The maximum atomic E-state index is 12.7. The van der Waals surface area contributed by atoms with Gasteiger partial charge in [-0.15, -0.1) is 11.3 Å². The highest BCUT2D eigenvalue weighted by molar-refractivity contribution is 7.91. The van der Waals surface area contributed by atoms with Crippen LogP contribution in [0.1, 0.15) is 26.2 Å². The normalized spacial score (nSPS) is 18.1. The number of hydrogen-bond acceptors (Lipinski definition) is 4. The van der Waals surface area contributed by atoms with Gasteiger partial charge in [0.15, 0.2) is 0 Å². The van der Waals surface area contributed by atoms with E-state index in [0.717, 1.165) is 43.7 Å². The van der Waals surface area contributed by atoms with E-state index in [1.807, 2.05) is 6.92 Å². The molecule has 0 spiro atoms. The molecule has 1 aliphatic heterocycles. The summed E-state index contributed by atoms with van der Waals surface area (Å²) in [6.45, 7) is 4.34. The van der Waals surface area contributed by atoms with E-state index in [2.05, 4.69) is 5.32 Å². The number of hydrogen-bond donors (Lipinski definition) is 1. The number of halogens is 1. The Morgan fingerprint density at radius 3 is 2.63 bits per heavy atom. The number of nitrogens with one attached hydrogen (secondary N) is 1. The molecule has 0 saturated carbocycles. The van der Waals surface area contributed by atoms with Crippen molar-refractivity contribution in [2.75, 3.05) is 19.6 Å². The van der Waals surface area contributed by atoms with E-state index in [9.17, 15) is 8.42 Å². The van der Waals surface area contributed by atoms with Crippen LogP contribution in [-0.4, -0.2) is 38.4 Å². The smallest absolute Gasteiger partial charge is 0.252 e. The lowest BCUT2D eigenvalue weighted by atomic mass is 10.1. The molecule has 108 valence electrons. The summed E-state index contributed by atoms with van der Waals surface area (Å²) in [5.74, 6) is 0. The fourth-order valence-electron chi connectivity index (χ4n) is 2.37. The third-order valence-electron chi connectivity index (χ3n) is 3.27. The van der Waals surface area contributed by atoms with E-state index in [0.29, 0.717) is 15.1 Å². The monoisotopic (exact) mass is 322 g/mol. The highest BCUT2D eigenvalue weighted by atomic mass is 35.5. The topological polar surface area (TPSA) is 49.4 Å². The summed E-state index contributed by atoms with van der Waals surface area (Å²) in [5.41, 5.74) is 0. The molecule has 4 nitrogen and oxygen atoms in total. The number of rotatable bonds is 5. The molecule has 1 saturated heterocycles. The predicted octanol–water partition coefficient (Wildman–Crippen LogP) is 2.55. The Labute approximate surface area is 123 Å². The fraction of sp³-hybridized carbons (Fsp3) is 0.667. The van der Waals surface area contributed by atoms with Gasteiger partial charge in [0, 0.05) is 12.6 Å². The lowest BCUT2D eigenvalue weighted by molar-refractivity contribution is 0.263. The molecule has 2 rings (SSSR count). The summed E-state index contributed by atoms with van der Waals surface area (Å²) in [6.07, 6.45) is 2.57. The van der Waals surface area contributed by atoms with Crippen molar-refractivity contribution in [3.8, 4) is 0 Å². The first-order valence-electron chi connectivity index (χ1n) is 6.53. The van der Waals surface area contributed by atoms with Crippen molar-refractivity contribution in [2.24, 2.45) is 0 Å². The molecule has 1 aromatic rings. The number of piperidine rings is 1. The minimum Gasteiger partial charge on any atom is -0.317 e. The standard InChI is InChI=1S/C12H19ClN2O2S2/c1-2-9-15(10-5-7-14-8-6-10)19(16,17)12-4-3-11(13)18-12/h3-4,10,14H,2,5-9H2,1H3. The van der Waals surface area contributed by atoms with Gasteiger partial charge in [0.1, 0.15) is 4.21 Å². The number of sulfonamides is 1. The molecular weight excluding hydrogens is 304 g/mol. The van der Waals surface area contributed by atoms with Gasteiger partial charge in [0.2, 0.25) is 0 Å². The highest BCUT2D eigenvalue weighted by Gasteiger charge is 2.32. The Morgan fingerprint density at radius 2 is 2.11 bits per heavy atom. The van der Waals surface area contributed by atoms with Gasteiger partial charge in [-0.2, -0.15) is 4.31 Å². The van der Waals surface area contributed by atoms with Crippen LogP contribution >= 0.6 is 22.9 Å². The fourth-order valence-corrected chi connectivity index (χ4v) is 5.76. The molecule has 19 heavy (non-hydrogen) atoms. The molecule has 1 aliphatic rings. The Hall–Kier alpha value is -0.140. The summed E-state index contributed by atoms with van der Waals surface area (Å²) in [7, 11) is -3.40. The minimum atomic E-state index is -3.40. The SMILES string of the molecule is CCCN(C1CCNCC1)S(=O)(=O)c1ccc(Cl)s1. The zero-order chi connectivity index (χ0) is 13.9. The van der Waals surface area contributed by atoms with Gasteiger partial charge < -0.3 is 5.32 Å². The number of thiophene rings is 1. The van der Waals surface area contributed by atoms with Crippen LogP contribution in [0.3, 0.4) is 0 Å². The van der Waals surface area contributed by atoms with E-state index in [4.69, 9.17) is 11.6 Å². The van der Waals surface area contributed by atoms with Crippen molar-refractivity contribution in [1.82, 2.24) is 9.62 Å². The van der Waals surface area contributed by atoms with E-state index in [1.54, 1.807) is 16.4 Å². The maximum absolute atomic E-state index is 12.7. The first-order chi connectivity index (χ1) is 9.05. The second kappa shape index (κ2) is 6.54. The molecule has 0 radical (unpaired) electrons. The quantitative estimate of drug-likeness (QED) is 0.906. The molecule has 2 heterocycles. The first kappa shape index (κ1) is 15.3. The predicted molar refractivity (Wildman–Crippen MR) is 79.4 cm³/mol. The van der Waals surface area contributed by atoms with Crippen LogP contribution in [0.5, 0.6) is 0 Å². The van der Waals surface area contributed by atoms with Crippen LogP contribution in [0.4, 0.5) is 0 Å². The average molecular weight is 323 g/mol. The molecule has 0 aliphatic carbocycles. The Kier molecular flexibility index (Phi) is 5.25. The van der Waals surface area contributed by atoms with Gasteiger partial charge in [-0.1, -0.05) is 18.5 Å². The van der Waals surface area contributed by atoms with Crippen LogP contribution in [-0.2, 0) is 10.0 Å². The Balaban J connectivity index is 2.26. The van der Waals surface area contributed by atoms with E-state index in [-0.39, 0.29) is 6.04 Å². The van der Waals surface area contributed by atoms with Crippen molar-refractivity contribution in [1.29, 1.82) is 0 Å². The highest BCUT2D eigenvalue weighted by Crippen LogP contribution is 2.30. The lowest BCUT2D eigenvalue weighted by Crippen LogP contribution is -2.46. The van der Waals surface area contributed by atoms with Gasteiger partial charge in [0.05, 0.1) is 4.34 Å². The van der Waals surface area contributed by atoms with Crippen LogP contribution in [0, 0.1) is 0 Å². The minimum absolute atomic E-state index is 0.104. The summed E-state index contributed by atoms with van der Waals surface area (Å²) in [5, 5.41) is 3.27. The van der Waals surface area contributed by atoms with Crippen LogP contribution < -0.4 is 5.32 Å². The van der Waals surface area contributed by atoms with E-state index >= 15 is 0 Å². The largest absolute Gasteiger partial charge is 0.317 e. The second-order valence-electron chi connectivity index (χ2n) is 4.66. The van der Waals surface area contributed by atoms with Crippen molar-refractivity contribution in [3.63, 3.8) is 0 Å². The molecule has 1 aromatic heterocycles. The zero-order valence-electron chi connectivity index (χ0n) is 10.9. The van der Waals surface area contributed by atoms with Crippen molar-refractivity contribution >= 4 is 33.0 Å². The van der Waals surface area contributed by atoms with Crippen LogP contribution in [0.25, 0.3) is 0 Å². The third-order valence-corrected chi connectivity index (χ3v) is 6.92. The Morgan fingerprint density at radius 1 is 1.42 bits per heavy atom. The van der Waals surface area contributed by atoms with Gasteiger partial charge in [-0.3, -0.25) is 0 Å². The molecular formula is C12H19ClN2O2S2. The average Bonchev–Trinajstić information content (AvgIpc) is 2.84. The molecule has 1 N–H and O–H groups in total. The number of nitrogens with zero attached hydrogens (tertiary/aromatic N) is 1. The third kappa shape index (κ3) is 3.49. The van der Waals surface area contributed by atoms with Gasteiger partial charge in [-0.05, 0) is 44.5 Å². The molecule has 0 bridgehead atoms. The molecule has 1 fully saturated rings. The molecule has 0 atom stereocenters. The molecule has 0 aromatic carbocycles. The van der Waals surface area contributed by atoms with Crippen LogP contribution in [0.15, 0.2) is 16.3 Å². The first-order valence-corrected chi connectivity index (χ1v) is 9.17. The maximum Gasteiger partial charge on any atom is 0.252 e. The van der Waals surface area contributed by atoms with Crippen LogP contribution in [0.2, 0.25) is 4.34 Å².